The van der Waals surface area contributed by atoms with Gasteiger partial charge in [0.25, 0.3) is 5.89 Å². The molecular formula is C14H16FN3OS. The third-order valence-electron chi connectivity index (χ3n) is 3.71. The minimum Gasteiger partial charge on any atom is -0.334 e. The zero-order valence-electron chi connectivity index (χ0n) is 11.2. The van der Waals surface area contributed by atoms with Gasteiger partial charge in [0.05, 0.1) is 5.54 Å². The summed E-state index contributed by atoms with van der Waals surface area (Å²) in [6.07, 6.45) is 4.79. The highest BCUT2D eigenvalue weighted by atomic mass is 32.2. The molecule has 0 saturated heterocycles. The van der Waals surface area contributed by atoms with Gasteiger partial charge in [-0.2, -0.15) is 16.7 Å². The third kappa shape index (κ3) is 2.33. The van der Waals surface area contributed by atoms with E-state index in [1.165, 1.54) is 6.07 Å². The first-order valence-electron chi connectivity index (χ1n) is 6.53. The number of hydrogen-bond acceptors (Lipinski definition) is 5. The van der Waals surface area contributed by atoms with Crippen LogP contribution in [0.25, 0.3) is 11.5 Å². The second kappa shape index (κ2) is 5.18. The number of nitrogens with zero attached hydrogens (tertiary/aromatic N) is 2. The molecule has 1 aromatic carbocycles. The average molecular weight is 293 g/mol. The predicted molar refractivity (Wildman–Crippen MR) is 76.6 cm³/mol. The van der Waals surface area contributed by atoms with Gasteiger partial charge < -0.3 is 10.3 Å². The molecule has 106 valence electrons. The Morgan fingerprint density at radius 3 is 2.90 bits per heavy atom. The molecule has 1 aromatic heterocycles. The maximum Gasteiger partial charge on any atom is 0.258 e. The smallest absolute Gasteiger partial charge is 0.258 e. The lowest BCUT2D eigenvalue weighted by atomic mass is 9.77. The summed E-state index contributed by atoms with van der Waals surface area (Å²) in [6, 6.07) is 4.85. The summed E-state index contributed by atoms with van der Waals surface area (Å²) in [7, 11) is 0. The lowest BCUT2D eigenvalue weighted by molar-refractivity contribution is 0.229. The molecule has 0 unspecified atom stereocenters. The van der Waals surface area contributed by atoms with Crippen LogP contribution in [0.3, 0.4) is 0 Å². The van der Waals surface area contributed by atoms with Crippen LogP contribution in [0.4, 0.5) is 4.39 Å². The zero-order chi connectivity index (χ0) is 14.2. The summed E-state index contributed by atoms with van der Waals surface area (Å²) < 4.78 is 18.9. The van der Waals surface area contributed by atoms with Crippen LogP contribution in [0.2, 0.25) is 0 Å². The quantitative estimate of drug-likeness (QED) is 0.938. The van der Waals surface area contributed by atoms with E-state index in [4.69, 9.17) is 10.3 Å². The van der Waals surface area contributed by atoms with Crippen LogP contribution in [-0.4, -0.2) is 16.4 Å². The SMILES string of the molecule is CSCc1cc(-c2nc(C3(N)CCC3)no2)ccc1F. The maximum atomic E-state index is 13.6. The summed E-state index contributed by atoms with van der Waals surface area (Å²) in [5.41, 5.74) is 7.10. The maximum absolute atomic E-state index is 13.6. The molecule has 4 nitrogen and oxygen atoms in total. The summed E-state index contributed by atoms with van der Waals surface area (Å²) in [5.74, 6) is 1.35. The van der Waals surface area contributed by atoms with Gasteiger partial charge >= 0.3 is 0 Å². The Bertz CT molecular complexity index is 625. The van der Waals surface area contributed by atoms with E-state index < -0.39 is 5.54 Å². The molecule has 2 aromatic rings. The molecule has 0 amide bonds. The van der Waals surface area contributed by atoms with E-state index in [0.717, 1.165) is 24.8 Å². The molecule has 1 aliphatic rings. The van der Waals surface area contributed by atoms with Crippen LogP contribution in [0.1, 0.15) is 30.7 Å². The fraction of sp³-hybridized carbons (Fsp3) is 0.429. The first kappa shape index (κ1) is 13.6. The lowest BCUT2D eigenvalue weighted by Crippen LogP contribution is -2.44. The molecule has 0 radical (unpaired) electrons. The Morgan fingerprint density at radius 2 is 2.25 bits per heavy atom. The van der Waals surface area contributed by atoms with Crippen LogP contribution >= 0.6 is 11.8 Å². The Morgan fingerprint density at radius 1 is 1.45 bits per heavy atom. The van der Waals surface area contributed by atoms with Crippen LogP contribution in [0.15, 0.2) is 22.7 Å². The van der Waals surface area contributed by atoms with Crippen molar-refractivity contribution >= 4 is 11.8 Å². The molecular weight excluding hydrogens is 277 g/mol. The number of halogens is 1. The summed E-state index contributed by atoms with van der Waals surface area (Å²) >= 11 is 1.57. The third-order valence-corrected chi connectivity index (χ3v) is 4.31. The van der Waals surface area contributed by atoms with Crippen molar-refractivity contribution in [2.24, 2.45) is 5.73 Å². The average Bonchev–Trinajstić information content (AvgIpc) is 2.89. The summed E-state index contributed by atoms with van der Waals surface area (Å²) in [6.45, 7) is 0. The number of aromatic nitrogens is 2. The van der Waals surface area contributed by atoms with E-state index in [0.29, 0.717) is 23.0 Å². The topological polar surface area (TPSA) is 64.9 Å². The van der Waals surface area contributed by atoms with E-state index in [-0.39, 0.29) is 5.82 Å². The molecule has 0 bridgehead atoms. The monoisotopic (exact) mass is 293 g/mol. The number of benzene rings is 1. The van der Waals surface area contributed by atoms with Crippen molar-refractivity contribution in [3.05, 3.63) is 35.4 Å². The fourth-order valence-electron chi connectivity index (χ4n) is 2.30. The Labute approximate surface area is 120 Å². The summed E-state index contributed by atoms with van der Waals surface area (Å²) in [5, 5.41) is 3.97. The van der Waals surface area contributed by atoms with Gasteiger partial charge in [-0.15, -0.1) is 0 Å². The van der Waals surface area contributed by atoms with Crippen molar-refractivity contribution in [2.45, 2.75) is 30.6 Å². The highest BCUT2D eigenvalue weighted by molar-refractivity contribution is 7.97. The molecule has 20 heavy (non-hydrogen) atoms. The first-order chi connectivity index (χ1) is 9.62. The fourth-order valence-corrected chi connectivity index (χ4v) is 2.83. The van der Waals surface area contributed by atoms with Gasteiger partial charge in [-0.3, -0.25) is 0 Å². The molecule has 0 aliphatic heterocycles. The molecule has 0 atom stereocenters. The highest BCUT2D eigenvalue weighted by Gasteiger charge is 2.39. The Balaban J connectivity index is 1.91. The lowest BCUT2D eigenvalue weighted by Gasteiger charge is -2.34. The molecule has 2 N–H and O–H groups in total. The zero-order valence-corrected chi connectivity index (χ0v) is 12.0. The van der Waals surface area contributed by atoms with Gasteiger partial charge in [-0.25, -0.2) is 4.39 Å². The Kier molecular flexibility index (Phi) is 3.52. The minimum atomic E-state index is -0.441. The molecule has 3 rings (SSSR count). The predicted octanol–water partition coefficient (Wildman–Crippen LogP) is 3.08. The number of nitrogens with two attached hydrogens (primary N) is 1. The molecule has 1 saturated carbocycles. The van der Waals surface area contributed by atoms with E-state index in [1.54, 1.807) is 23.9 Å². The second-order valence-corrected chi connectivity index (χ2v) is 6.04. The number of rotatable bonds is 4. The van der Waals surface area contributed by atoms with Gasteiger partial charge in [0.2, 0.25) is 0 Å². The van der Waals surface area contributed by atoms with Crippen molar-refractivity contribution in [3.8, 4) is 11.5 Å². The van der Waals surface area contributed by atoms with E-state index >= 15 is 0 Å². The number of hydrogen-bond donors (Lipinski definition) is 1. The standard InChI is InChI=1S/C14H16FN3OS/c1-20-8-10-7-9(3-4-11(10)15)12-17-13(18-19-12)14(16)5-2-6-14/h3-4,7H,2,5-6,8,16H2,1H3. The van der Waals surface area contributed by atoms with Gasteiger partial charge in [-0.1, -0.05) is 5.16 Å². The van der Waals surface area contributed by atoms with Crippen molar-refractivity contribution in [3.63, 3.8) is 0 Å². The largest absolute Gasteiger partial charge is 0.334 e. The molecule has 1 fully saturated rings. The van der Waals surface area contributed by atoms with Crippen molar-refractivity contribution in [1.82, 2.24) is 10.1 Å². The van der Waals surface area contributed by atoms with Crippen LogP contribution in [0.5, 0.6) is 0 Å². The van der Waals surface area contributed by atoms with E-state index in [2.05, 4.69) is 10.1 Å². The van der Waals surface area contributed by atoms with Crippen molar-refractivity contribution in [2.75, 3.05) is 6.26 Å². The molecule has 1 aliphatic carbocycles. The summed E-state index contributed by atoms with van der Waals surface area (Å²) in [4.78, 5) is 4.37. The van der Waals surface area contributed by atoms with Crippen LogP contribution in [0, 0.1) is 5.82 Å². The molecule has 0 spiro atoms. The van der Waals surface area contributed by atoms with Gasteiger partial charge in [0.1, 0.15) is 5.82 Å². The second-order valence-electron chi connectivity index (χ2n) is 5.17. The van der Waals surface area contributed by atoms with Gasteiger partial charge in [-0.05, 0) is 49.3 Å². The minimum absolute atomic E-state index is 0.211. The Hall–Kier alpha value is -1.40. The highest BCUT2D eigenvalue weighted by Crippen LogP contribution is 2.37. The van der Waals surface area contributed by atoms with Gasteiger partial charge in [0.15, 0.2) is 5.82 Å². The van der Waals surface area contributed by atoms with Crippen molar-refractivity contribution in [1.29, 1.82) is 0 Å². The van der Waals surface area contributed by atoms with E-state index in [1.807, 2.05) is 6.26 Å². The van der Waals surface area contributed by atoms with Crippen LogP contribution in [-0.2, 0) is 11.3 Å². The number of thioether (sulfide) groups is 1. The molecule has 1 heterocycles. The van der Waals surface area contributed by atoms with E-state index in [9.17, 15) is 4.39 Å². The van der Waals surface area contributed by atoms with Crippen molar-refractivity contribution < 1.29 is 8.91 Å². The molecule has 6 heteroatoms. The van der Waals surface area contributed by atoms with Gasteiger partial charge in [0, 0.05) is 11.3 Å². The normalized spacial score (nSPS) is 16.9. The first-order valence-corrected chi connectivity index (χ1v) is 7.92. The van der Waals surface area contributed by atoms with Crippen LogP contribution < -0.4 is 5.73 Å².